The van der Waals surface area contributed by atoms with E-state index in [0.717, 1.165) is 6.07 Å². The van der Waals surface area contributed by atoms with Gasteiger partial charge in [0.25, 0.3) is 0 Å². The van der Waals surface area contributed by atoms with Crippen molar-refractivity contribution in [3.05, 3.63) is 74.1 Å². The van der Waals surface area contributed by atoms with Crippen molar-refractivity contribution in [2.45, 2.75) is 19.3 Å². The molecular formula is C22H21NO7. The van der Waals surface area contributed by atoms with Gasteiger partial charge >= 0.3 is 0 Å². The molecule has 156 valence electrons. The predicted molar refractivity (Wildman–Crippen MR) is 108 cm³/mol. The minimum Gasteiger partial charge on any atom is -0.502 e. The summed E-state index contributed by atoms with van der Waals surface area (Å²) >= 11 is 0. The molecule has 0 saturated carbocycles. The fourth-order valence-corrected chi connectivity index (χ4v) is 3.66. The fraction of sp³-hybridized carbons (Fsp3) is 0.318. The normalized spacial score (nSPS) is 15.3. The van der Waals surface area contributed by atoms with E-state index >= 15 is 0 Å². The van der Waals surface area contributed by atoms with E-state index in [4.69, 9.17) is 13.6 Å². The number of benzene rings is 1. The number of aryl methyl sites for hydroxylation is 1. The number of nitrogens with zero attached hydrogens (tertiary/aromatic N) is 1. The lowest BCUT2D eigenvalue weighted by Crippen LogP contribution is -2.41. The van der Waals surface area contributed by atoms with Crippen molar-refractivity contribution in [2.24, 2.45) is 0 Å². The van der Waals surface area contributed by atoms with Crippen LogP contribution in [-0.4, -0.2) is 42.2 Å². The molecule has 3 heterocycles. The van der Waals surface area contributed by atoms with Gasteiger partial charge in [0.05, 0.1) is 30.8 Å². The Kier molecular flexibility index (Phi) is 5.41. The lowest BCUT2D eigenvalue weighted by atomic mass is 9.91. The number of hydrogen-bond donors (Lipinski definition) is 1. The Morgan fingerprint density at radius 1 is 1.20 bits per heavy atom. The number of aromatic hydroxyl groups is 1. The minimum absolute atomic E-state index is 0.121. The first-order chi connectivity index (χ1) is 14.5. The third kappa shape index (κ3) is 3.73. The monoisotopic (exact) mass is 411 g/mol. The van der Waals surface area contributed by atoms with Gasteiger partial charge < -0.3 is 23.6 Å². The second kappa shape index (κ2) is 8.16. The molecule has 1 fully saturated rings. The molecule has 1 amide bonds. The molecule has 1 aliphatic heterocycles. The highest BCUT2D eigenvalue weighted by Gasteiger charge is 2.31. The minimum atomic E-state index is -0.978. The maximum atomic E-state index is 13.2. The smallest absolute Gasteiger partial charge is 0.227 e. The summed E-state index contributed by atoms with van der Waals surface area (Å²) in [5.74, 6) is -1.69. The van der Waals surface area contributed by atoms with Gasteiger partial charge in [-0.1, -0.05) is 12.1 Å². The van der Waals surface area contributed by atoms with Gasteiger partial charge in [0.15, 0.2) is 11.2 Å². The average molecular weight is 411 g/mol. The molecular weight excluding hydrogens is 390 g/mol. The summed E-state index contributed by atoms with van der Waals surface area (Å²) in [5.41, 5.74) is -0.443. The molecule has 8 nitrogen and oxygen atoms in total. The van der Waals surface area contributed by atoms with Crippen molar-refractivity contribution in [1.82, 2.24) is 4.90 Å². The third-order valence-corrected chi connectivity index (χ3v) is 5.21. The van der Waals surface area contributed by atoms with Crippen molar-refractivity contribution in [3.8, 4) is 5.75 Å². The summed E-state index contributed by atoms with van der Waals surface area (Å²) in [7, 11) is 0. The molecule has 1 N–H and O–H groups in total. The Morgan fingerprint density at radius 2 is 1.93 bits per heavy atom. The van der Waals surface area contributed by atoms with Crippen LogP contribution in [-0.2, 0) is 9.53 Å². The molecule has 0 unspecified atom stereocenters. The largest absolute Gasteiger partial charge is 0.502 e. The number of carbonyl (C=O) groups is 1. The number of rotatable bonds is 4. The number of ether oxygens (including phenoxy) is 1. The number of fused-ring (bicyclic) bond motifs is 1. The van der Waals surface area contributed by atoms with Crippen LogP contribution in [0, 0.1) is 6.92 Å². The van der Waals surface area contributed by atoms with E-state index in [1.165, 1.54) is 6.26 Å². The van der Waals surface area contributed by atoms with Crippen LogP contribution in [0.4, 0.5) is 0 Å². The Bertz CT molecular complexity index is 1200. The van der Waals surface area contributed by atoms with Crippen LogP contribution in [0.25, 0.3) is 11.0 Å². The predicted octanol–water partition coefficient (Wildman–Crippen LogP) is 2.14. The highest BCUT2D eigenvalue weighted by molar-refractivity contribution is 5.79. The summed E-state index contributed by atoms with van der Waals surface area (Å²) in [5, 5.41) is 10.7. The van der Waals surface area contributed by atoms with Gasteiger partial charge in [-0.3, -0.25) is 14.4 Å². The Labute approximate surface area is 171 Å². The standard InChI is InChI=1S/C22H21NO7/c1-13-10-17(24)21(27)22(30-13)15(11-19(25)23-6-8-28-9-7-23)16-12-29-18-5-3-2-4-14(18)20(16)26/h2-5,10,12,15,27H,6-9,11H2,1H3/t15-/m1/s1. The Balaban J connectivity index is 1.84. The molecule has 0 bridgehead atoms. The zero-order valence-electron chi connectivity index (χ0n) is 16.4. The molecule has 3 aromatic rings. The van der Waals surface area contributed by atoms with Gasteiger partial charge in [0.2, 0.25) is 17.1 Å². The topological polar surface area (TPSA) is 110 Å². The lowest BCUT2D eigenvalue weighted by molar-refractivity contribution is -0.135. The second-order valence-corrected chi connectivity index (χ2v) is 7.20. The highest BCUT2D eigenvalue weighted by atomic mass is 16.5. The Morgan fingerprint density at radius 3 is 2.70 bits per heavy atom. The van der Waals surface area contributed by atoms with E-state index in [9.17, 15) is 19.5 Å². The van der Waals surface area contributed by atoms with Gasteiger partial charge in [-0.15, -0.1) is 0 Å². The van der Waals surface area contributed by atoms with E-state index in [2.05, 4.69) is 0 Å². The summed E-state index contributed by atoms with van der Waals surface area (Å²) in [6.07, 6.45) is 1.10. The highest BCUT2D eigenvalue weighted by Crippen LogP contribution is 2.33. The number of amides is 1. The first-order valence-electron chi connectivity index (χ1n) is 9.65. The maximum absolute atomic E-state index is 13.2. The lowest BCUT2D eigenvalue weighted by Gasteiger charge is -2.28. The molecule has 0 aliphatic carbocycles. The van der Waals surface area contributed by atoms with Crippen molar-refractivity contribution >= 4 is 16.9 Å². The molecule has 1 aromatic carbocycles. The third-order valence-electron chi connectivity index (χ3n) is 5.21. The molecule has 1 saturated heterocycles. The average Bonchev–Trinajstić information content (AvgIpc) is 2.76. The first-order valence-corrected chi connectivity index (χ1v) is 9.65. The zero-order valence-corrected chi connectivity index (χ0v) is 16.4. The zero-order chi connectivity index (χ0) is 21.3. The summed E-state index contributed by atoms with van der Waals surface area (Å²) in [6, 6.07) is 7.90. The van der Waals surface area contributed by atoms with Crippen LogP contribution >= 0.6 is 0 Å². The number of morpholine rings is 1. The molecule has 30 heavy (non-hydrogen) atoms. The van der Waals surface area contributed by atoms with Crippen LogP contribution in [0.15, 0.2) is 55.0 Å². The molecule has 0 radical (unpaired) electrons. The van der Waals surface area contributed by atoms with Crippen LogP contribution in [0.3, 0.4) is 0 Å². The SMILES string of the molecule is Cc1cc(=O)c(O)c([C@H](CC(=O)N2CCOCC2)c2coc3ccccc3c2=O)o1. The van der Waals surface area contributed by atoms with E-state index in [0.29, 0.717) is 37.3 Å². The quantitative estimate of drug-likeness (QED) is 0.700. The molecule has 1 aliphatic rings. The maximum Gasteiger partial charge on any atom is 0.227 e. The number of para-hydroxylation sites is 1. The molecule has 1 atom stereocenters. The van der Waals surface area contributed by atoms with Crippen LogP contribution < -0.4 is 10.9 Å². The molecule has 2 aromatic heterocycles. The molecule has 4 rings (SSSR count). The summed E-state index contributed by atoms with van der Waals surface area (Å²) in [6.45, 7) is 3.29. The first kappa shape index (κ1) is 19.9. The molecule has 0 spiro atoms. The van der Waals surface area contributed by atoms with Crippen LogP contribution in [0.2, 0.25) is 0 Å². The number of carbonyl (C=O) groups excluding carboxylic acids is 1. The van der Waals surface area contributed by atoms with Gasteiger partial charge in [-0.2, -0.15) is 0 Å². The van der Waals surface area contributed by atoms with E-state index in [1.807, 2.05) is 0 Å². The van der Waals surface area contributed by atoms with E-state index in [-0.39, 0.29) is 34.8 Å². The molecule has 8 heteroatoms. The fourth-order valence-electron chi connectivity index (χ4n) is 3.66. The van der Waals surface area contributed by atoms with Crippen molar-refractivity contribution in [1.29, 1.82) is 0 Å². The van der Waals surface area contributed by atoms with Gasteiger partial charge in [0, 0.05) is 31.1 Å². The van der Waals surface area contributed by atoms with Gasteiger partial charge in [0.1, 0.15) is 11.3 Å². The van der Waals surface area contributed by atoms with Crippen molar-refractivity contribution in [3.63, 3.8) is 0 Å². The van der Waals surface area contributed by atoms with E-state index < -0.39 is 17.1 Å². The van der Waals surface area contributed by atoms with Crippen molar-refractivity contribution in [2.75, 3.05) is 26.3 Å². The summed E-state index contributed by atoms with van der Waals surface area (Å²) in [4.78, 5) is 39.9. The second-order valence-electron chi connectivity index (χ2n) is 7.20. The van der Waals surface area contributed by atoms with Crippen LogP contribution in [0.5, 0.6) is 5.75 Å². The van der Waals surface area contributed by atoms with Crippen molar-refractivity contribution < 1.29 is 23.5 Å². The Hall–Kier alpha value is -3.39. The van der Waals surface area contributed by atoms with E-state index in [1.54, 1.807) is 36.1 Å². The van der Waals surface area contributed by atoms with Gasteiger partial charge in [-0.25, -0.2) is 0 Å². The summed E-state index contributed by atoms with van der Waals surface area (Å²) < 4.78 is 16.5. The number of hydrogen-bond acceptors (Lipinski definition) is 7. The van der Waals surface area contributed by atoms with Crippen LogP contribution in [0.1, 0.15) is 29.4 Å². The van der Waals surface area contributed by atoms with Gasteiger partial charge in [-0.05, 0) is 19.1 Å².